The van der Waals surface area contributed by atoms with E-state index in [2.05, 4.69) is 38.5 Å². The van der Waals surface area contributed by atoms with Gasteiger partial charge in [0.15, 0.2) is 0 Å². The van der Waals surface area contributed by atoms with Crippen LogP contribution < -0.4 is 4.74 Å². The third kappa shape index (κ3) is 2.66. The van der Waals surface area contributed by atoms with Crippen LogP contribution in [0.25, 0.3) is 0 Å². The van der Waals surface area contributed by atoms with Crippen molar-refractivity contribution in [3.05, 3.63) is 16.1 Å². The van der Waals surface area contributed by atoms with Crippen LogP contribution in [0.2, 0.25) is 0 Å². The Morgan fingerprint density at radius 1 is 1.67 bits per heavy atom. The highest BCUT2D eigenvalue weighted by Crippen LogP contribution is 2.14. The molecule has 0 aliphatic carbocycles. The van der Waals surface area contributed by atoms with Crippen LogP contribution in [0, 0.1) is 15.9 Å². The second-order valence-electron chi connectivity index (χ2n) is 1.98. The lowest BCUT2D eigenvalue weighted by molar-refractivity contribution is 0.311. The van der Waals surface area contributed by atoms with Crippen molar-refractivity contribution in [2.45, 2.75) is 6.42 Å². The minimum absolute atomic E-state index is 0.503. The van der Waals surface area contributed by atoms with E-state index in [1.807, 2.05) is 0 Å². The van der Waals surface area contributed by atoms with Crippen LogP contribution in [0.15, 0.2) is 12.5 Å². The van der Waals surface area contributed by atoms with Crippen LogP contribution in [0.4, 0.5) is 0 Å². The van der Waals surface area contributed by atoms with E-state index in [1.165, 1.54) is 6.33 Å². The molecule has 1 aromatic heterocycles. The molecule has 4 heteroatoms. The summed E-state index contributed by atoms with van der Waals surface area (Å²) < 4.78 is 6.17. The summed E-state index contributed by atoms with van der Waals surface area (Å²) in [7, 11) is 0. The van der Waals surface area contributed by atoms with Crippen molar-refractivity contribution in [3.8, 4) is 18.2 Å². The monoisotopic (exact) mass is 274 g/mol. The number of ether oxygens (including phenoxy) is 1. The van der Waals surface area contributed by atoms with Gasteiger partial charge >= 0.3 is 0 Å². The number of terminal acetylenes is 1. The van der Waals surface area contributed by atoms with Gasteiger partial charge in [-0.3, -0.25) is 0 Å². The molecule has 0 unspecified atom stereocenters. The molecule has 0 amide bonds. The second-order valence-corrected chi connectivity index (χ2v) is 3.14. The number of aromatic nitrogens is 2. The molecule has 3 nitrogen and oxygen atoms in total. The van der Waals surface area contributed by atoms with Crippen LogP contribution in [0.3, 0.4) is 0 Å². The van der Waals surface area contributed by atoms with Crippen LogP contribution in [-0.2, 0) is 0 Å². The zero-order chi connectivity index (χ0) is 8.81. The van der Waals surface area contributed by atoms with Gasteiger partial charge in [0, 0.05) is 12.6 Å². The fourth-order valence-electron chi connectivity index (χ4n) is 0.614. The fourth-order valence-corrected chi connectivity index (χ4v) is 1.07. The van der Waals surface area contributed by atoms with Gasteiger partial charge in [-0.05, 0) is 22.6 Å². The lowest BCUT2D eigenvalue weighted by Gasteiger charge is -2.02. The molecule has 0 spiro atoms. The van der Waals surface area contributed by atoms with Gasteiger partial charge < -0.3 is 4.74 Å². The van der Waals surface area contributed by atoms with Gasteiger partial charge in [0.2, 0.25) is 5.88 Å². The Hall–Kier alpha value is -0.830. The average molecular weight is 274 g/mol. The first-order chi connectivity index (χ1) is 5.84. The molecule has 0 saturated heterocycles. The molecule has 0 bridgehead atoms. The maximum Gasteiger partial charge on any atom is 0.230 e. The Kier molecular flexibility index (Phi) is 3.80. The van der Waals surface area contributed by atoms with E-state index >= 15 is 0 Å². The van der Waals surface area contributed by atoms with Crippen molar-refractivity contribution in [3.63, 3.8) is 0 Å². The standard InChI is InChI=1S/C8H7IN2O/c1-2-3-4-12-8-7(9)5-10-6-11-8/h1,5-6H,3-4H2. The highest BCUT2D eigenvalue weighted by Gasteiger charge is 1.99. The van der Waals surface area contributed by atoms with Gasteiger partial charge in [-0.15, -0.1) is 12.3 Å². The molecule has 0 atom stereocenters. The first-order valence-electron chi connectivity index (χ1n) is 3.36. The van der Waals surface area contributed by atoms with Gasteiger partial charge in [-0.2, -0.15) is 0 Å². The maximum atomic E-state index is 5.28. The number of nitrogens with zero attached hydrogens (tertiary/aromatic N) is 2. The lowest BCUT2D eigenvalue weighted by Crippen LogP contribution is -1.99. The Bertz CT molecular complexity index is 295. The Labute approximate surface area is 84.7 Å². The minimum Gasteiger partial charge on any atom is -0.476 e. The maximum absolute atomic E-state index is 5.28. The van der Waals surface area contributed by atoms with E-state index in [1.54, 1.807) is 6.20 Å². The third-order valence-electron chi connectivity index (χ3n) is 1.12. The summed E-state index contributed by atoms with van der Waals surface area (Å²) in [6.07, 6.45) is 8.81. The highest BCUT2D eigenvalue weighted by molar-refractivity contribution is 14.1. The molecule has 0 aromatic carbocycles. The smallest absolute Gasteiger partial charge is 0.230 e. The summed E-state index contributed by atoms with van der Waals surface area (Å²) in [5.41, 5.74) is 0. The zero-order valence-corrected chi connectivity index (χ0v) is 8.48. The van der Waals surface area contributed by atoms with Crippen molar-refractivity contribution in [1.82, 2.24) is 9.97 Å². The highest BCUT2D eigenvalue weighted by atomic mass is 127. The van der Waals surface area contributed by atoms with E-state index in [0.29, 0.717) is 18.9 Å². The fraction of sp³-hybridized carbons (Fsp3) is 0.250. The average Bonchev–Trinajstić information content (AvgIpc) is 2.09. The molecule has 0 N–H and O–H groups in total. The molecule has 1 rings (SSSR count). The molecule has 0 aliphatic heterocycles. The molecule has 0 fully saturated rings. The first-order valence-corrected chi connectivity index (χ1v) is 4.44. The number of hydrogen-bond donors (Lipinski definition) is 0. The number of rotatable bonds is 3. The van der Waals surface area contributed by atoms with Crippen molar-refractivity contribution < 1.29 is 4.74 Å². The minimum atomic E-state index is 0.503. The molecular formula is C8H7IN2O. The van der Waals surface area contributed by atoms with Gasteiger partial charge in [0.1, 0.15) is 12.9 Å². The Balaban J connectivity index is 2.53. The largest absolute Gasteiger partial charge is 0.476 e. The summed E-state index contributed by atoms with van der Waals surface area (Å²) in [4.78, 5) is 7.77. The van der Waals surface area contributed by atoms with Crippen LogP contribution >= 0.6 is 22.6 Å². The van der Waals surface area contributed by atoms with Gasteiger partial charge in [-0.1, -0.05) is 0 Å². The van der Waals surface area contributed by atoms with E-state index in [4.69, 9.17) is 11.2 Å². The molecule has 1 aromatic rings. The predicted octanol–water partition coefficient (Wildman–Crippen LogP) is 1.48. The van der Waals surface area contributed by atoms with E-state index < -0.39 is 0 Å². The van der Waals surface area contributed by atoms with Crippen LogP contribution in [-0.4, -0.2) is 16.6 Å². The molecule has 1 heterocycles. The molecule has 0 radical (unpaired) electrons. The summed E-state index contributed by atoms with van der Waals surface area (Å²) in [6, 6.07) is 0. The lowest BCUT2D eigenvalue weighted by atomic mass is 10.5. The predicted molar refractivity (Wildman–Crippen MR) is 53.7 cm³/mol. The molecule has 0 saturated carbocycles. The van der Waals surface area contributed by atoms with Crippen molar-refractivity contribution in [2.24, 2.45) is 0 Å². The van der Waals surface area contributed by atoms with E-state index in [-0.39, 0.29) is 0 Å². The number of halogens is 1. The topological polar surface area (TPSA) is 35.0 Å². The van der Waals surface area contributed by atoms with Crippen molar-refractivity contribution in [2.75, 3.05) is 6.61 Å². The Morgan fingerprint density at radius 3 is 3.17 bits per heavy atom. The van der Waals surface area contributed by atoms with Gasteiger partial charge in [-0.25, -0.2) is 9.97 Å². The molecular weight excluding hydrogens is 267 g/mol. The van der Waals surface area contributed by atoms with Gasteiger partial charge in [0.05, 0.1) is 3.57 Å². The van der Waals surface area contributed by atoms with Crippen molar-refractivity contribution in [1.29, 1.82) is 0 Å². The molecule has 0 aliphatic rings. The van der Waals surface area contributed by atoms with E-state index in [9.17, 15) is 0 Å². The normalized spacial score (nSPS) is 9.00. The Morgan fingerprint density at radius 2 is 2.50 bits per heavy atom. The zero-order valence-electron chi connectivity index (χ0n) is 6.33. The SMILES string of the molecule is C#CCCOc1ncncc1I. The molecule has 12 heavy (non-hydrogen) atoms. The van der Waals surface area contributed by atoms with Crippen LogP contribution in [0.5, 0.6) is 5.88 Å². The van der Waals surface area contributed by atoms with E-state index in [0.717, 1.165) is 3.57 Å². The quantitative estimate of drug-likeness (QED) is 0.476. The third-order valence-corrected chi connectivity index (χ3v) is 1.86. The van der Waals surface area contributed by atoms with Gasteiger partial charge in [0.25, 0.3) is 0 Å². The summed E-state index contributed by atoms with van der Waals surface area (Å²) in [6.45, 7) is 0.503. The van der Waals surface area contributed by atoms with Crippen LogP contribution in [0.1, 0.15) is 6.42 Å². The first kappa shape index (κ1) is 9.26. The van der Waals surface area contributed by atoms with Crippen molar-refractivity contribution >= 4 is 22.6 Å². The summed E-state index contributed by atoms with van der Waals surface area (Å²) in [5.74, 6) is 3.08. The second kappa shape index (κ2) is 4.93. The number of hydrogen-bond acceptors (Lipinski definition) is 3. The summed E-state index contributed by atoms with van der Waals surface area (Å²) >= 11 is 2.11. The summed E-state index contributed by atoms with van der Waals surface area (Å²) in [5, 5.41) is 0. The molecule has 62 valence electrons.